The van der Waals surface area contributed by atoms with E-state index in [-0.39, 0.29) is 63.4 Å². The number of halogens is 1. The third-order valence-electron chi connectivity index (χ3n) is 5.04. The summed E-state index contributed by atoms with van der Waals surface area (Å²) in [6.45, 7) is 0. The third-order valence-corrected chi connectivity index (χ3v) is 6.16. The Morgan fingerprint density at radius 3 is 2.00 bits per heavy atom. The number of ketones is 2. The quantitative estimate of drug-likeness (QED) is 0.146. The Morgan fingerprint density at radius 2 is 1.47 bits per heavy atom. The van der Waals surface area contributed by atoms with E-state index in [1.807, 2.05) is 0 Å². The molecule has 12 heteroatoms. The monoisotopic (exact) mass is 507 g/mol. The molecule has 0 aromatic heterocycles. The molecular weight excluding hydrogens is 493 g/mol. The van der Waals surface area contributed by atoms with Crippen molar-refractivity contribution in [3.63, 3.8) is 0 Å². The fourth-order valence-electron chi connectivity index (χ4n) is 3.59. The molecule has 3 aromatic carbocycles. The van der Waals surface area contributed by atoms with E-state index in [4.69, 9.17) is 17.3 Å². The second kappa shape index (κ2) is 9.87. The standard InChI is InChI=1S/C22H16ClN3O6S.Na/c23-10-17(27)26-12-7-5-11(6-8-12)25-15-9-16(33(30,31)32)20(24)19-18(15)21(28)13-3-1-2-4-14(13)22(19)29;/h1-9,25H,10,24H2,(H,26,27)(H,30,31,32);/q;+1/p-1. The molecule has 0 spiro atoms. The van der Waals surface area contributed by atoms with Gasteiger partial charge in [-0.1, -0.05) is 24.3 Å². The van der Waals surface area contributed by atoms with Crippen LogP contribution >= 0.6 is 11.6 Å². The summed E-state index contributed by atoms with van der Waals surface area (Å²) in [5, 5.41) is 5.44. The molecule has 4 N–H and O–H groups in total. The van der Waals surface area contributed by atoms with Gasteiger partial charge in [0.05, 0.1) is 27.4 Å². The largest absolute Gasteiger partial charge is 1.00 e. The minimum absolute atomic E-state index is 0. The maximum Gasteiger partial charge on any atom is 1.00 e. The smallest absolute Gasteiger partial charge is 0.744 e. The van der Waals surface area contributed by atoms with Crippen molar-refractivity contribution in [2.75, 3.05) is 22.2 Å². The number of amides is 1. The summed E-state index contributed by atoms with van der Waals surface area (Å²) in [6, 6.07) is 13.2. The summed E-state index contributed by atoms with van der Waals surface area (Å²) < 4.78 is 35.5. The average Bonchev–Trinajstić information content (AvgIpc) is 2.78. The Balaban J connectivity index is 0.00000324. The Bertz CT molecular complexity index is 1440. The molecule has 0 saturated heterocycles. The number of nitrogens with one attached hydrogen (secondary N) is 2. The first-order valence-electron chi connectivity index (χ1n) is 9.45. The van der Waals surface area contributed by atoms with Crippen molar-refractivity contribution < 1.29 is 56.9 Å². The summed E-state index contributed by atoms with van der Waals surface area (Å²) >= 11 is 5.47. The van der Waals surface area contributed by atoms with Crippen LogP contribution in [0.1, 0.15) is 31.8 Å². The topological polar surface area (TPSA) is 158 Å². The van der Waals surface area contributed by atoms with Crippen molar-refractivity contribution in [3.8, 4) is 0 Å². The van der Waals surface area contributed by atoms with Crippen molar-refractivity contribution in [1.29, 1.82) is 0 Å². The molecule has 0 bridgehead atoms. The number of alkyl halides is 1. The Hall–Kier alpha value is -2.73. The van der Waals surface area contributed by atoms with E-state index in [0.717, 1.165) is 6.07 Å². The molecule has 0 radical (unpaired) electrons. The van der Waals surface area contributed by atoms with Crippen LogP contribution in [0, 0.1) is 0 Å². The second-order valence-corrected chi connectivity index (χ2v) is 8.74. The molecule has 0 saturated carbocycles. The van der Waals surface area contributed by atoms with E-state index < -0.39 is 38.2 Å². The number of nitrogens with two attached hydrogens (primary N) is 1. The van der Waals surface area contributed by atoms with Crippen molar-refractivity contribution in [2.45, 2.75) is 4.90 Å². The SMILES string of the molecule is Nc1c(S(=O)(=O)[O-])cc(Nc2ccc(NC(=O)CCl)cc2)c2c1C(=O)c1ccccc1C2=O.[Na+]. The van der Waals surface area contributed by atoms with Gasteiger partial charge in [-0.15, -0.1) is 11.6 Å². The van der Waals surface area contributed by atoms with Gasteiger partial charge in [0, 0.05) is 22.5 Å². The maximum absolute atomic E-state index is 13.3. The normalized spacial score (nSPS) is 12.3. The minimum atomic E-state index is -5.06. The van der Waals surface area contributed by atoms with Crippen LogP contribution in [0.5, 0.6) is 0 Å². The van der Waals surface area contributed by atoms with Gasteiger partial charge < -0.3 is 20.9 Å². The van der Waals surface area contributed by atoms with Gasteiger partial charge in [0.2, 0.25) is 5.91 Å². The number of carbonyl (C=O) groups excluding carboxylic acids is 3. The molecular formula is C22H15ClN3NaO6S. The van der Waals surface area contributed by atoms with Crippen LogP contribution in [-0.2, 0) is 14.9 Å². The Kier molecular flexibility index (Phi) is 7.51. The van der Waals surface area contributed by atoms with Crippen LogP contribution in [0.15, 0.2) is 59.5 Å². The van der Waals surface area contributed by atoms with Gasteiger partial charge in [0.15, 0.2) is 11.6 Å². The van der Waals surface area contributed by atoms with Crippen LogP contribution < -0.4 is 45.9 Å². The summed E-state index contributed by atoms with van der Waals surface area (Å²) in [5.74, 6) is -1.83. The second-order valence-electron chi connectivity index (χ2n) is 7.13. The number of benzene rings is 3. The number of nitrogen functional groups attached to an aromatic ring is 1. The zero-order chi connectivity index (χ0) is 23.9. The van der Waals surface area contributed by atoms with Crippen LogP contribution in [0.4, 0.5) is 22.7 Å². The molecule has 1 aliphatic rings. The first kappa shape index (κ1) is 25.9. The third kappa shape index (κ3) is 4.74. The number of hydrogen-bond acceptors (Lipinski definition) is 8. The van der Waals surface area contributed by atoms with Gasteiger partial charge in [-0.05, 0) is 30.3 Å². The summed E-state index contributed by atoms with van der Waals surface area (Å²) in [7, 11) is -5.06. The number of rotatable bonds is 5. The van der Waals surface area contributed by atoms with Crippen molar-refractivity contribution in [3.05, 3.63) is 76.9 Å². The summed E-state index contributed by atoms with van der Waals surface area (Å²) in [5.41, 5.74) is 5.83. The minimum Gasteiger partial charge on any atom is -0.744 e. The molecule has 1 amide bonds. The molecule has 34 heavy (non-hydrogen) atoms. The van der Waals surface area contributed by atoms with E-state index >= 15 is 0 Å². The predicted molar refractivity (Wildman–Crippen MR) is 121 cm³/mol. The first-order chi connectivity index (χ1) is 15.6. The Labute approximate surface area is 221 Å². The van der Waals surface area contributed by atoms with Crippen molar-refractivity contribution in [2.24, 2.45) is 0 Å². The van der Waals surface area contributed by atoms with E-state index in [9.17, 15) is 27.4 Å². The van der Waals surface area contributed by atoms with E-state index in [1.165, 1.54) is 12.1 Å². The summed E-state index contributed by atoms with van der Waals surface area (Å²) in [4.78, 5) is 37.0. The molecule has 9 nitrogen and oxygen atoms in total. The van der Waals surface area contributed by atoms with Crippen LogP contribution in [0.2, 0.25) is 0 Å². The maximum atomic E-state index is 13.3. The number of carbonyl (C=O) groups is 3. The molecule has 0 unspecified atom stereocenters. The average molecular weight is 508 g/mol. The van der Waals surface area contributed by atoms with Gasteiger partial charge in [-0.3, -0.25) is 14.4 Å². The Morgan fingerprint density at radius 1 is 0.941 bits per heavy atom. The molecule has 0 fully saturated rings. The zero-order valence-electron chi connectivity index (χ0n) is 17.7. The molecule has 0 aliphatic heterocycles. The van der Waals surface area contributed by atoms with Crippen molar-refractivity contribution in [1.82, 2.24) is 0 Å². The van der Waals surface area contributed by atoms with Gasteiger partial charge in [-0.2, -0.15) is 0 Å². The van der Waals surface area contributed by atoms with E-state index in [0.29, 0.717) is 11.4 Å². The van der Waals surface area contributed by atoms with Crippen LogP contribution in [0.3, 0.4) is 0 Å². The number of fused-ring (bicyclic) bond motifs is 2. The molecule has 3 aromatic rings. The zero-order valence-corrected chi connectivity index (χ0v) is 21.3. The fraction of sp³-hybridized carbons (Fsp3) is 0.0455. The molecule has 4 rings (SSSR count). The van der Waals surface area contributed by atoms with Gasteiger partial charge in [0.1, 0.15) is 16.0 Å². The summed E-state index contributed by atoms with van der Waals surface area (Å²) in [6.07, 6.45) is 0. The van der Waals surface area contributed by atoms with E-state index in [2.05, 4.69) is 10.6 Å². The number of anilines is 4. The predicted octanol–water partition coefficient (Wildman–Crippen LogP) is -0.127. The molecule has 0 atom stereocenters. The molecule has 1 aliphatic carbocycles. The first-order valence-corrected chi connectivity index (χ1v) is 11.4. The van der Waals surface area contributed by atoms with Gasteiger partial charge >= 0.3 is 29.6 Å². The van der Waals surface area contributed by atoms with Crippen molar-refractivity contribution >= 4 is 61.9 Å². The molecule has 0 heterocycles. The van der Waals surface area contributed by atoms with Crippen LogP contribution in [0.25, 0.3) is 0 Å². The van der Waals surface area contributed by atoms with Crippen LogP contribution in [-0.4, -0.2) is 36.3 Å². The van der Waals surface area contributed by atoms with Gasteiger partial charge in [-0.25, -0.2) is 8.42 Å². The molecule has 168 valence electrons. The van der Waals surface area contributed by atoms with E-state index in [1.54, 1.807) is 36.4 Å². The number of hydrogen-bond donors (Lipinski definition) is 3. The fourth-order valence-corrected chi connectivity index (χ4v) is 4.29. The van der Waals surface area contributed by atoms with Gasteiger partial charge in [0.25, 0.3) is 0 Å².